The molecule has 0 saturated heterocycles. The van der Waals surface area contributed by atoms with Gasteiger partial charge >= 0.3 is 0 Å². The highest BCUT2D eigenvalue weighted by Gasteiger charge is 2.25. The summed E-state index contributed by atoms with van der Waals surface area (Å²) in [4.78, 5) is 25.2. The monoisotopic (exact) mass is 505 g/mol. The molecule has 3 aromatic carbocycles. The van der Waals surface area contributed by atoms with Gasteiger partial charge in [0.15, 0.2) is 0 Å². The van der Waals surface area contributed by atoms with Crippen LogP contribution in [0.3, 0.4) is 0 Å². The number of fused-ring (bicyclic) bond motifs is 1. The predicted molar refractivity (Wildman–Crippen MR) is 153 cm³/mol. The molecule has 0 radical (unpaired) electrons. The third-order valence-corrected chi connectivity index (χ3v) is 7.09. The number of benzene rings is 3. The first-order chi connectivity index (χ1) is 18.2. The molecule has 2 aromatic heterocycles. The Hall–Kier alpha value is -4.19. The van der Waals surface area contributed by atoms with E-state index in [1.807, 2.05) is 35.8 Å². The van der Waals surface area contributed by atoms with E-state index < -0.39 is 0 Å². The number of nitrogens with zero attached hydrogens (tertiary/aromatic N) is 5. The van der Waals surface area contributed by atoms with Gasteiger partial charge < -0.3 is 9.47 Å². The van der Waals surface area contributed by atoms with Gasteiger partial charge in [0.25, 0.3) is 5.91 Å². The van der Waals surface area contributed by atoms with E-state index in [2.05, 4.69) is 91.8 Å². The van der Waals surface area contributed by atoms with E-state index in [-0.39, 0.29) is 11.9 Å². The predicted octanol–water partition coefficient (Wildman–Crippen LogP) is 6.55. The molecule has 0 atom stereocenters. The number of carbonyl (C=O) groups is 1. The minimum absolute atomic E-state index is 0.00526. The lowest BCUT2D eigenvalue weighted by atomic mass is 9.98. The molecule has 0 bridgehead atoms. The number of rotatable bonds is 7. The molecule has 6 nitrogen and oxygen atoms in total. The van der Waals surface area contributed by atoms with Crippen LogP contribution in [-0.2, 0) is 13.1 Å². The highest BCUT2D eigenvalue weighted by atomic mass is 16.2. The molecule has 38 heavy (non-hydrogen) atoms. The maximum atomic E-state index is 14.0. The van der Waals surface area contributed by atoms with Crippen molar-refractivity contribution in [1.29, 1.82) is 0 Å². The first kappa shape index (κ1) is 25.5. The Balaban J connectivity index is 1.59. The summed E-state index contributed by atoms with van der Waals surface area (Å²) in [5.74, 6) is 0.881. The zero-order valence-corrected chi connectivity index (χ0v) is 23.1. The summed E-state index contributed by atoms with van der Waals surface area (Å²) in [6.07, 6.45) is 5.57. The number of hydrogen-bond donors (Lipinski definition) is 0. The van der Waals surface area contributed by atoms with Gasteiger partial charge in [-0.1, -0.05) is 41.5 Å². The zero-order chi connectivity index (χ0) is 27.0. The van der Waals surface area contributed by atoms with Crippen molar-refractivity contribution in [3.63, 3.8) is 0 Å². The SMILES string of the molecule is Cc1ccc(-n2c(CN(C(=O)c3c(C)cc(C)cc3C)C(C)C)nc3cc(Cn4ccnc4)ccc32)cc1. The van der Waals surface area contributed by atoms with E-state index in [1.165, 1.54) is 11.1 Å². The Morgan fingerprint density at radius 1 is 0.921 bits per heavy atom. The Morgan fingerprint density at radius 2 is 1.63 bits per heavy atom. The van der Waals surface area contributed by atoms with Gasteiger partial charge in [-0.15, -0.1) is 0 Å². The zero-order valence-electron chi connectivity index (χ0n) is 23.1. The summed E-state index contributed by atoms with van der Waals surface area (Å²) in [6, 6.07) is 19.1. The van der Waals surface area contributed by atoms with E-state index in [1.54, 1.807) is 6.20 Å². The smallest absolute Gasteiger partial charge is 0.255 e. The minimum atomic E-state index is 0.00526. The number of aryl methyl sites for hydroxylation is 4. The Kier molecular flexibility index (Phi) is 6.89. The van der Waals surface area contributed by atoms with Gasteiger partial charge in [-0.25, -0.2) is 9.97 Å². The van der Waals surface area contributed by atoms with Crippen LogP contribution in [0.25, 0.3) is 16.7 Å². The standard InChI is InChI=1S/C32H35N5O/c1-21(2)36(32(38)31-24(5)15-23(4)16-25(31)6)19-30-34-28-17-26(18-35-14-13-33-20-35)9-12-29(28)37(30)27-10-7-22(3)8-11-27/h7-17,20-21H,18-19H2,1-6H3. The molecule has 2 heterocycles. The van der Waals surface area contributed by atoms with Crippen molar-refractivity contribution in [2.24, 2.45) is 0 Å². The molecule has 5 rings (SSSR count). The van der Waals surface area contributed by atoms with E-state index in [0.29, 0.717) is 6.54 Å². The molecule has 0 aliphatic carbocycles. The Morgan fingerprint density at radius 3 is 2.26 bits per heavy atom. The summed E-state index contributed by atoms with van der Waals surface area (Å²) < 4.78 is 4.23. The second-order valence-corrected chi connectivity index (χ2v) is 10.6. The van der Waals surface area contributed by atoms with Crippen molar-refractivity contribution < 1.29 is 4.79 Å². The lowest BCUT2D eigenvalue weighted by molar-refractivity contribution is 0.0683. The summed E-state index contributed by atoms with van der Waals surface area (Å²) in [5.41, 5.74) is 9.29. The summed E-state index contributed by atoms with van der Waals surface area (Å²) >= 11 is 0. The van der Waals surface area contributed by atoms with Gasteiger partial charge in [-0.05, 0) is 82.5 Å². The van der Waals surface area contributed by atoms with E-state index in [9.17, 15) is 4.79 Å². The first-order valence-electron chi connectivity index (χ1n) is 13.1. The van der Waals surface area contributed by atoms with Crippen LogP contribution < -0.4 is 0 Å². The van der Waals surface area contributed by atoms with Crippen molar-refractivity contribution in [1.82, 2.24) is 24.0 Å². The van der Waals surface area contributed by atoms with Gasteiger partial charge in [-0.2, -0.15) is 0 Å². The normalized spacial score (nSPS) is 11.4. The average Bonchev–Trinajstić information content (AvgIpc) is 3.49. The van der Waals surface area contributed by atoms with Crippen molar-refractivity contribution in [2.45, 2.75) is 60.7 Å². The van der Waals surface area contributed by atoms with Gasteiger partial charge in [-0.3, -0.25) is 9.36 Å². The van der Waals surface area contributed by atoms with E-state index in [0.717, 1.165) is 51.3 Å². The maximum Gasteiger partial charge on any atom is 0.255 e. The molecule has 194 valence electrons. The van der Waals surface area contributed by atoms with Crippen LogP contribution in [-0.4, -0.2) is 36.0 Å². The van der Waals surface area contributed by atoms with Crippen molar-refractivity contribution >= 4 is 16.9 Å². The highest BCUT2D eigenvalue weighted by Crippen LogP contribution is 2.27. The molecule has 0 saturated carbocycles. The van der Waals surface area contributed by atoms with Crippen LogP contribution in [0.2, 0.25) is 0 Å². The number of aromatic nitrogens is 4. The van der Waals surface area contributed by atoms with Crippen LogP contribution in [0.4, 0.5) is 0 Å². The van der Waals surface area contributed by atoms with Gasteiger partial charge in [0.05, 0.1) is 23.9 Å². The van der Waals surface area contributed by atoms with E-state index >= 15 is 0 Å². The molecular formula is C32H35N5O. The molecule has 5 aromatic rings. The van der Waals surface area contributed by atoms with Gasteiger partial charge in [0, 0.05) is 36.2 Å². The quantitative estimate of drug-likeness (QED) is 0.252. The molecular weight excluding hydrogens is 470 g/mol. The second-order valence-electron chi connectivity index (χ2n) is 10.6. The average molecular weight is 506 g/mol. The lowest BCUT2D eigenvalue weighted by Crippen LogP contribution is -2.38. The fourth-order valence-corrected chi connectivity index (χ4v) is 5.26. The van der Waals surface area contributed by atoms with Crippen molar-refractivity contribution in [3.05, 3.63) is 113 Å². The van der Waals surface area contributed by atoms with Crippen LogP contribution in [0, 0.1) is 27.7 Å². The van der Waals surface area contributed by atoms with Gasteiger partial charge in [0.1, 0.15) is 5.82 Å². The van der Waals surface area contributed by atoms with Crippen LogP contribution >= 0.6 is 0 Å². The fraction of sp³-hybridized carbons (Fsp3) is 0.281. The van der Waals surface area contributed by atoms with E-state index in [4.69, 9.17) is 4.98 Å². The Bertz CT molecular complexity index is 1570. The maximum absolute atomic E-state index is 14.0. The second kappa shape index (κ2) is 10.3. The molecule has 0 N–H and O–H groups in total. The molecule has 0 aliphatic heterocycles. The molecule has 0 unspecified atom stereocenters. The topological polar surface area (TPSA) is 56.0 Å². The van der Waals surface area contributed by atoms with Crippen LogP contribution in [0.15, 0.2) is 73.3 Å². The summed E-state index contributed by atoms with van der Waals surface area (Å²) in [5, 5.41) is 0. The van der Waals surface area contributed by atoms with Crippen molar-refractivity contribution in [3.8, 4) is 5.69 Å². The van der Waals surface area contributed by atoms with Crippen LogP contribution in [0.5, 0.6) is 0 Å². The molecule has 0 fully saturated rings. The summed E-state index contributed by atoms with van der Waals surface area (Å²) in [6.45, 7) is 13.5. The first-order valence-corrected chi connectivity index (χ1v) is 13.1. The summed E-state index contributed by atoms with van der Waals surface area (Å²) in [7, 11) is 0. The molecule has 1 amide bonds. The highest BCUT2D eigenvalue weighted by molar-refractivity contribution is 5.97. The number of hydrogen-bond acceptors (Lipinski definition) is 3. The number of amides is 1. The van der Waals surface area contributed by atoms with Gasteiger partial charge in [0.2, 0.25) is 0 Å². The minimum Gasteiger partial charge on any atom is -0.333 e. The number of imidazole rings is 2. The molecule has 0 aliphatic rings. The molecule has 0 spiro atoms. The third kappa shape index (κ3) is 4.99. The van der Waals surface area contributed by atoms with Crippen LogP contribution in [0.1, 0.15) is 57.8 Å². The molecule has 6 heteroatoms. The number of carbonyl (C=O) groups excluding carboxylic acids is 1. The lowest BCUT2D eigenvalue weighted by Gasteiger charge is -2.28. The largest absolute Gasteiger partial charge is 0.333 e. The third-order valence-electron chi connectivity index (χ3n) is 7.09. The fourth-order valence-electron chi connectivity index (χ4n) is 5.26. The van der Waals surface area contributed by atoms with Crippen molar-refractivity contribution in [2.75, 3.05) is 0 Å². The Labute approximate surface area is 224 Å².